The molecule has 0 aliphatic carbocycles. The van der Waals surface area contributed by atoms with Crippen molar-refractivity contribution in [1.29, 1.82) is 0 Å². The molecule has 2 aromatic carbocycles. The van der Waals surface area contributed by atoms with E-state index >= 15 is 0 Å². The average Bonchev–Trinajstić information content (AvgIpc) is 2.71. The van der Waals surface area contributed by atoms with Gasteiger partial charge in [0.25, 0.3) is 0 Å². The molecular weight excluding hydrogens is 320 g/mol. The van der Waals surface area contributed by atoms with E-state index in [1.165, 1.54) is 11.1 Å². The van der Waals surface area contributed by atoms with Crippen molar-refractivity contribution < 1.29 is 0 Å². The van der Waals surface area contributed by atoms with Gasteiger partial charge in [0.2, 0.25) is 0 Å². The molecule has 0 fully saturated rings. The minimum atomic E-state index is 0.724. The van der Waals surface area contributed by atoms with Gasteiger partial charge in [-0.2, -0.15) is 0 Å². The van der Waals surface area contributed by atoms with Crippen molar-refractivity contribution in [3.8, 4) is 5.69 Å². The van der Waals surface area contributed by atoms with Crippen molar-refractivity contribution in [2.45, 2.75) is 13.8 Å². The lowest BCUT2D eigenvalue weighted by Crippen LogP contribution is -1.96. The Kier molecular flexibility index (Phi) is 3.07. The fourth-order valence-corrected chi connectivity index (χ4v) is 2.91. The van der Waals surface area contributed by atoms with Gasteiger partial charge in [-0.25, -0.2) is 0 Å². The zero-order valence-electron chi connectivity index (χ0n) is 10.7. The van der Waals surface area contributed by atoms with Crippen LogP contribution in [0.5, 0.6) is 0 Å². The summed E-state index contributed by atoms with van der Waals surface area (Å²) in [5, 5.41) is 0. The lowest BCUT2D eigenvalue weighted by atomic mass is 10.1. The number of hydrogen-bond acceptors (Lipinski definition) is 1. The van der Waals surface area contributed by atoms with Gasteiger partial charge in [0.15, 0.2) is 4.77 Å². The van der Waals surface area contributed by atoms with Crippen LogP contribution >= 0.6 is 28.1 Å². The second-order valence-corrected chi connectivity index (χ2v) is 5.86. The molecule has 0 aliphatic rings. The van der Waals surface area contributed by atoms with E-state index in [0.29, 0.717) is 0 Å². The number of para-hydroxylation sites is 2. The summed E-state index contributed by atoms with van der Waals surface area (Å²) in [5.74, 6) is 0. The maximum absolute atomic E-state index is 5.45. The SMILES string of the molecule is Cc1cc(-n2c(=S)[nH]c3ccccc32)cc(C)c1Br. The lowest BCUT2D eigenvalue weighted by molar-refractivity contribution is 1.05. The molecule has 4 heteroatoms. The summed E-state index contributed by atoms with van der Waals surface area (Å²) in [4.78, 5) is 3.25. The number of imidazole rings is 1. The number of fused-ring (bicyclic) bond motifs is 1. The quantitative estimate of drug-likeness (QED) is 0.617. The number of nitrogens with one attached hydrogen (secondary N) is 1. The molecule has 0 aliphatic heterocycles. The van der Waals surface area contributed by atoms with Crippen molar-refractivity contribution in [3.05, 3.63) is 56.8 Å². The predicted octanol–water partition coefficient (Wildman–Crippen LogP) is 5.07. The van der Waals surface area contributed by atoms with Crippen LogP contribution in [0.3, 0.4) is 0 Å². The molecule has 0 radical (unpaired) electrons. The van der Waals surface area contributed by atoms with Gasteiger partial charge in [-0.05, 0) is 61.5 Å². The Morgan fingerprint density at radius 3 is 2.42 bits per heavy atom. The molecule has 3 aromatic rings. The number of halogens is 1. The fraction of sp³-hybridized carbons (Fsp3) is 0.133. The Bertz CT molecular complexity index is 807. The molecule has 0 atom stereocenters. The van der Waals surface area contributed by atoms with E-state index < -0.39 is 0 Å². The summed E-state index contributed by atoms with van der Waals surface area (Å²) in [5.41, 5.74) is 5.68. The predicted molar refractivity (Wildman–Crippen MR) is 85.6 cm³/mol. The van der Waals surface area contributed by atoms with E-state index in [1.54, 1.807) is 0 Å². The highest BCUT2D eigenvalue weighted by Gasteiger charge is 2.08. The number of aryl methyl sites for hydroxylation is 2. The van der Waals surface area contributed by atoms with Gasteiger partial charge in [-0.1, -0.05) is 28.1 Å². The number of aromatic amines is 1. The van der Waals surface area contributed by atoms with E-state index in [9.17, 15) is 0 Å². The van der Waals surface area contributed by atoms with Gasteiger partial charge in [0, 0.05) is 10.2 Å². The highest BCUT2D eigenvalue weighted by Crippen LogP contribution is 2.26. The smallest absolute Gasteiger partial charge is 0.182 e. The minimum Gasteiger partial charge on any atom is -0.330 e. The van der Waals surface area contributed by atoms with Gasteiger partial charge >= 0.3 is 0 Å². The fourth-order valence-electron chi connectivity index (χ4n) is 2.36. The van der Waals surface area contributed by atoms with Crippen molar-refractivity contribution in [2.24, 2.45) is 0 Å². The summed E-state index contributed by atoms with van der Waals surface area (Å²) in [6, 6.07) is 12.4. The minimum absolute atomic E-state index is 0.724. The Morgan fingerprint density at radius 2 is 1.74 bits per heavy atom. The number of nitrogens with zero attached hydrogens (tertiary/aromatic N) is 1. The third kappa shape index (κ3) is 2.05. The van der Waals surface area contributed by atoms with Gasteiger partial charge < -0.3 is 4.98 Å². The third-order valence-electron chi connectivity index (χ3n) is 3.27. The highest BCUT2D eigenvalue weighted by atomic mass is 79.9. The van der Waals surface area contributed by atoms with E-state index in [0.717, 1.165) is 26.0 Å². The van der Waals surface area contributed by atoms with E-state index in [-0.39, 0.29) is 0 Å². The van der Waals surface area contributed by atoms with Gasteiger partial charge in [-0.15, -0.1) is 0 Å². The molecule has 0 amide bonds. The summed E-state index contributed by atoms with van der Waals surface area (Å²) in [7, 11) is 0. The molecular formula is C15H13BrN2S. The Morgan fingerprint density at radius 1 is 1.11 bits per heavy atom. The van der Waals surface area contributed by atoms with Crippen LogP contribution in [0.4, 0.5) is 0 Å². The second-order valence-electron chi connectivity index (χ2n) is 4.68. The molecule has 0 unspecified atom stereocenters. The molecule has 1 N–H and O–H groups in total. The molecule has 1 heterocycles. The Labute approximate surface area is 125 Å². The molecule has 0 bridgehead atoms. The molecule has 0 saturated heterocycles. The van der Waals surface area contributed by atoms with E-state index in [2.05, 4.69) is 57.5 Å². The normalized spacial score (nSPS) is 11.1. The lowest BCUT2D eigenvalue weighted by Gasteiger charge is -2.09. The maximum atomic E-state index is 5.45. The molecule has 96 valence electrons. The monoisotopic (exact) mass is 332 g/mol. The van der Waals surface area contributed by atoms with Gasteiger partial charge in [0.05, 0.1) is 11.0 Å². The number of aromatic nitrogens is 2. The second kappa shape index (κ2) is 4.62. The first-order chi connectivity index (χ1) is 9.08. The van der Waals surface area contributed by atoms with Crippen molar-refractivity contribution >= 4 is 39.2 Å². The maximum Gasteiger partial charge on any atom is 0.182 e. The standard InChI is InChI=1S/C15H13BrN2S/c1-9-7-11(8-10(2)14(9)16)18-13-6-4-3-5-12(13)17-15(18)19/h3-8H,1-2H3,(H,17,19). The number of hydrogen-bond donors (Lipinski definition) is 1. The van der Waals surface area contributed by atoms with Crippen LogP contribution in [0, 0.1) is 18.6 Å². The summed E-state index contributed by atoms with van der Waals surface area (Å²) >= 11 is 9.05. The van der Waals surface area contributed by atoms with Crippen LogP contribution in [0.15, 0.2) is 40.9 Å². The van der Waals surface area contributed by atoms with Crippen LogP contribution < -0.4 is 0 Å². The highest BCUT2D eigenvalue weighted by molar-refractivity contribution is 9.10. The first kappa shape index (κ1) is 12.6. The van der Waals surface area contributed by atoms with Gasteiger partial charge in [0.1, 0.15) is 0 Å². The Balaban J connectivity index is 2.36. The summed E-state index contributed by atoms with van der Waals surface area (Å²) in [6.07, 6.45) is 0. The first-order valence-electron chi connectivity index (χ1n) is 6.05. The first-order valence-corrected chi connectivity index (χ1v) is 7.25. The van der Waals surface area contributed by atoms with Crippen molar-refractivity contribution in [2.75, 3.05) is 0 Å². The number of rotatable bonds is 1. The summed E-state index contributed by atoms with van der Waals surface area (Å²) < 4.78 is 3.96. The zero-order chi connectivity index (χ0) is 13.6. The molecule has 3 rings (SSSR count). The van der Waals surface area contributed by atoms with Crippen molar-refractivity contribution in [3.63, 3.8) is 0 Å². The molecule has 2 nitrogen and oxygen atoms in total. The van der Waals surface area contributed by atoms with Crippen LogP contribution in [-0.4, -0.2) is 9.55 Å². The topological polar surface area (TPSA) is 20.7 Å². The largest absolute Gasteiger partial charge is 0.330 e. The van der Waals surface area contributed by atoms with Crippen LogP contribution in [0.2, 0.25) is 0 Å². The summed E-state index contributed by atoms with van der Waals surface area (Å²) in [6.45, 7) is 4.19. The molecule has 19 heavy (non-hydrogen) atoms. The molecule has 0 spiro atoms. The Hall–Kier alpha value is -1.39. The van der Waals surface area contributed by atoms with Gasteiger partial charge in [-0.3, -0.25) is 4.57 Å². The van der Waals surface area contributed by atoms with E-state index in [4.69, 9.17) is 12.2 Å². The van der Waals surface area contributed by atoms with Crippen LogP contribution in [-0.2, 0) is 0 Å². The third-order valence-corrected chi connectivity index (χ3v) is 4.80. The van der Waals surface area contributed by atoms with Crippen LogP contribution in [0.1, 0.15) is 11.1 Å². The number of H-pyrrole nitrogens is 1. The van der Waals surface area contributed by atoms with E-state index in [1.807, 2.05) is 18.2 Å². The zero-order valence-corrected chi connectivity index (χ0v) is 13.1. The molecule has 1 aromatic heterocycles. The van der Waals surface area contributed by atoms with Crippen LogP contribution in [0.25, 0.3) is 16.7 Å². The molecule has 0 saturated carbocycles. The van der Waals surface area contributed by atoms with Crippen molar-refractivity contribution in [1.82, 2.24) is 9.55 Å². The number of benzene rings is 2. The average molecular weight is 333 g/mol.